The highest BCUT2D eigenvalue weighted by molar-refractivity contribution is 6.32. The number of imide groups is 1. The predicted octanol–water partition coefficient (Wildman–Crippen LogP) is 2.32. The number of benzene rings is 1. The molecule has 0 N–H and O–H groups in total. The van der Waals surface area contributed by atoms with Crippen LogP contribution in [0.25, 0.3) is 0 Å². The SMILES string of the molecule is CC(=O)N1CCN(CCC2=C(C)C(=O)N(c3ccc(C#N)c(C(F)(F)F)c3)C2=O)CC1. The van der Waals surface area contributed by atoms with Gasteiger partial charge in [-0.15, -0.1) is 0 Å². The molecule has 31 heavy (non-hydrogen) atoms. The van der Waals surface area contributed by atoms with Crippen molar-refractivity contribution in [3.05, 3.63) is 40.5 Å². The molecule has 1 saturated heterocycles. The molecule has 1 fully saturated rings. The molecular weight excluding hydrogens is 413 g/mol. The first-order valence-corrected chi connectivity index (χ1v) is 9.72. The summed E-state index contributed by atoms with van der Waals surface area (Å²) in [5.41, 5.74) is -1.53. The molecule has 3 rings (SSSR count). The van der Waals surface area contributed by atoms with Crippen molar-refractivity contribution in [3.8, 4) is 6.07 Å². The van der Waals surface area contributed by atoms with E-state index in [1.807, 2.05) is 0 Å². The van der Waals surface area contributed by atoms with Gasteiger partial charge in [-0.25, -0.2) is 4.90 Å². The summed E-state index contributed by atoms with van der Waals surface area (Å²) in [6.07, 6.45) is -4.52. The van der Waals surface area contributed by atoms with Gasteiger partial charge in [-0.3, -0.25) is 19.3 Å². The van der Waals surface area contributed by atoms with Crippen LogP contribution in [0.3, 0.4) is 0 Å². The molecule has 10 heteroatoms. The lowest BCUT2D eigenvalue weighted by Crippen LogP contribution is -2.48. The van der Waals surface area contributed by atoms with Crippen LogP contribution in [0.1, 0.15) is 31.4 Å². The molecule has 0 radical (unpaired) electrons. The summed E-state index contributed by atoms with van der Waals surface area (Å²) in [4.78, 5) is 41.5. The van der Waals surface area contributed by atoms with Crippen molar-refractivity contribution in [3.63, 3.8) is 0 Å². The highest BCUT2D eigenvalue weighted by Gasteiger charge is 2.39. The molecule has 0 unspecified atom stereocenters. The molecule has 0 atom stereocenters. The smallest absolute Gasteiger partial charge is 0.340 e. The van der Waals surface area contributed by atoms with E-state index in [1.165, 1.54) is 26.0 Å². The fourth-order valence-corrected chi connectivity index (χ4v) is 3.77. The highest BCUT2D eigenvalue weighted by atomic mass is 19.4. The molecule has 3 amide bonds. The second kappa shape index (κ2) is 8.51. The van der Waals surface area contributed by atoms with E-state index in [0.29, 0.717) is 38.8 Å². The van der Waals surface area contributed by atoms with Gasteiger partial charge in [-0.2, -0.15) is 18.4 Å². The molecule has 164 valence electrons. The Balaban J connectivity index is 1.75. The van der Waals surface area contributed by atoms with Crippen LogP contribution in [-0.2, 0) is 20.6 Å². The second-order valence-corrected chi connectivity index (χ2v) is 7.49. The van der Waals surface area contributed by atoms with E-state index in [9.17, 15) is 27.6 Å². The maximum atomic E-state index is 13.3. The van der Waals surface area contributed by atoms with Crippen LogP contribution >= 0.6 is 0 Å². The van der Waals surface area contributed by atoms with Crippen molar-refractivity contribution < 1.29 is 27.6 Å². The maximum Gasteiger partial charge on any atom is 0.417 e. The molecule has 2 heterocycles. The molecule has 0 bridgehead atoms. The number of amides is 3. The summed E-state index contributed by atoms with van der Waals surface area (Å²) in [5, 5.41) is 8.93. The first-order valence-electron chi connectivity index (χ1n) is 9.72. The second-order valence-electron chi connectivity index (χ2n) is 7.49. The Labute approximate surface area is 177 Å². The maximum absolute atomic E-state index is 13.3. The van der Waals surface area contributed by atoms with Gasteiger partial charge in [0.2, 0.25) is 5.91 Å². The van der Waals surface area contributed by atoms with Gasteiger partial charge in [0.25, 0.3) is 11.8 Å². The van der Waals surface area contributed by atoms with Gasteiger partial charge >= 0.3 is 6.18 Å². The summed E-state index contributed by atoms with van der Waals surface area (Å²) >= 11 is 0. The molecule has 2 aliphatic heterocycles. The average Bonchev–Trinajstić information content (AvgIpc) is 2.94. The number of nitrogens with zero attached hydrogens (tertiary/aromatic N) is 4. The van der Waals surface area contributed by atoms with Crippen molar-refractivity contribution in [2.45, 2.75) is 26.4 Å². The number of carbonyl (C=O) groups excluding carboxylic acids is 3. The van der Waals surface area contributed by atoms with Crippen LogP contribution in [0, 0.1) is 11.3 Å². The molecule has 0 spiro atoms. The van der Waals surface area contributed by atoms with Crippen LogP contribution < -0.4 is 4.90 Å². The Hall–Kier alpha value is -3.19. The van der Waals surface area contributed by atoms with Gasteiger partial charge < -0.3 is 4.90 Å². The molecule has 7 nitrogen and oxygen atoms in total. The molecule has 1 aromatic rings. The summed E-state index contributed by atoms with van der Waals surface area (Å²) in [6.45, 7) is 5.93. The molecule has 2 aliphatic rings. The number of hydrogen-bond acceptors (Lipinski definition) is 5. The summed E-state index contributed by atoms with van der Waals surface area (Å²) in [6, 6.07) is 4.26. The topological polar surface area (TPSA) is 84.7 Å². The third-order valence-corrected chi connectivity index (χ3v) is 5.62. The lowest BCUT2D eigenvalue weighted by atomic mass is 10.1. The first kappa shape index (κ1) is 22.5. The van der Waals surface area contributed by atoms with Crippen LogP contribution in [0.4, 0.5) is 18.9 Å². The van der Waals surface area contributed by atoms with Crippen LogP contribution in [-0.4, -0.2) is 60.2 Å². The van der Waals surface area contributed by atoms with E-state index >= 15 is 0 Å². The van der Waals surface area contributed by atoms with E-state index in [1.54, 1.807) is 4.90 Å². The predicted molar refractivity (Wildman–Crippen MR) is 105 cm³/mol. The molecule has 0 saturated carbocycles. The van der Waals surface area contributed by atoms with Crippen LogP contribution in [0.5, 0.6) is 0 Å². The Morgan fingerprint density at radius 3 is 2.32 bits per heavy atom. The third-order valence-electron chi connectivity index (χ3n) is 5.62. The summed E-state index contributed by atoms with van der Waals surface area (Å²) in [7, 11) is 0. The zero-order chi connectivity index (χ0) is 22.9. The zero-order valence-electron chi connectivity index (χ0n) is 17.1. The normalized spacial score (nSPS) is 18.1. The summed E-state index contributed by atoms with van der Waals surface area (Å²) < 4.78 is 39.8. The quantitative estimate of drug-likeness (QED) is 0.679. The largest absolute Gasteiger partial charge is 0.417 e. The average molecular weight is 434 g/mol. The van der Waals surface area contributed by atoms with Crippen molar-refractivity contribution in [1.29, 1.82) is 5.26 Å². The van der Waals surface area contributed by atoms with Gasteiger partial charge in [-0.05, 0) is 31.5 Å². The Kier molecular flexibility index (Phi) is 6.18. The standard InChI is InChI=1S/C21H21F3N4O3/c1-13-17(5-6-26-7-9-27(10-8-26)14(2)29)20(31)28(19(13)30)16-4-3-15(12-25)18(11-16)21(22,23)24/h3-4,11H,5-10H2,1-2H3. The zero-order valence-corrected chi connectivity index (χ0v) is 17.1. The van der Waals surface area contributed by atoms with Gasteiger partial charge in [0.05, 0.1) is 22.9 Å². The molecule has 0 aromatic heterocycles. The fraction of sp³-hybridized carbons (Fsp3) is 0.429. The summed E-state index contributed by atoms with van der Waals surface area (Å²) in [5.74, 6) is -1.31. The minimum Gasteiger partial charge on any atom is -0.340 e. The van der Waals surface area contributed by atoms with Crippen molar-refractivity contribution in [1.82, 2.24) is 9.80 Å². The lowest BCUT2D eigenvalue weighted by Gasteiger charge is -2.34. The Morgan fingerprint density at radius 2 is 1.77 bits per heavy atom. The number of carbonyl (C=O) groups is 3. The Bertz CT molecular complexity index is 1000. The van der Waals surface area contributed by atoms with Crippen molar-refractivity contribution in [2.24, 2.45) is 0 Å². The minimum absolute atomic E-state index is 0.00561. The Morgan fingerprint density at radius 1 is 1.13 bits per heavy atom. The van der Waals surface area contributed by atoms with E-state index in [-0.39, 0.29) is 29.2 Å². The lowest BCUT2D eigenvalue weighted by molar-refractivity contribution is -0.138. The molecule has 1 aromatic carbocycles. The third kappa shape index (κ3) is 4.46. The number of anilines is 1. The number of hydrogen-bond donors (Lipinski definition) is 0. The van der Waals surface area contributed by atoms with Gasteiger partial charge in [-0.1, -0.05) is 0 Å². The molecular formula is C21H21F3N4O3. The fourth-order valence-electron chi connectivity index (χ4n) is 3.77. The van der Waals surface area contributed by atoms with E-state index < -0.39 is 29.1 Å². The molecule has 0 aliphatic carbocycles. The van der Waals surface area contributed by atoms with Crippen molar-refractivity contribution in [2.75, 3.05) is 37.6 Å². The van der Waals surface area contributed by atoms with Gasteiger partial charge in [0.15, 0.2) is 0 Å². The monoisotopic (exact) mass is 434 g/mol. The van der Waals surface area contributed by atoms with E-state index in [0.717, 1.165) is 11.0 Å². The number of halogens is 3. The van der Waals surface area contributed by atoms with Crippen LogP contribution in [0.15, 0.2) is 29.3 Å². The van der Waals surface area contributed by atoms with Crippen LogP contribution in [0.2, 0.25) is 0 Å². The van der Waals surface area contributed by atoms with Gasteiger partial charge in [0, 0.05) is 50.8 Å². The van der Waals surface area contributed by atoms with E-state index in [2.05, 4.69) is 4.90 Å². The number of piperazine rings is 1. The number of alkyl halides is 3. The first-order chi connectivity index (χ1) is 14.5. The number of rotatable bonds is 4. The minimum atomic E-state index is -4.79. The highest BCUT2D eigenvalue weighted by Crippen LogP contribution is 2.36. The number of nitriles is 1. The van der Waals surface area contributed by atoms with Crippen molar-refractivity contribution >= 4 is 23.4 Å². The van der Waals surface area contributed by atoms with E-state index in [4.69, 9.17) is 5.26 Å². The van der Waals surface area contributed by atoms with Gasteiger partial charge in [0.1, 0.15) is 0 Å².